The van der Waals surface area contributed by atoms with Crippen LogP contribution in [0.1, 0.15) is 11.1 Å². The fourth-order valence-corrected chi connectivity index (χ4v) is 3.21. The number of aryl methyl sites for hydroxylation is 2. The van der Waals surface area contributed by atoms with Gasteiger partial charge in [-0.25, -0.2) is 4.98 Å². The Kier molecular flexibility index (Phi) is 4.30. The molecule has 1 N–H and O–H groups in total. The largest absolute Gasteiger partial charge is 0.338 e. The Labute approximate surface area is 128 Å². The highest BCUT2D eigenvalue weighted by molar-refractivity contribution is 9.11. The molecule has 0 bridgehead atoms. The lowest BCUT2D eigenvalue weighted by Gasteiger charge is -2.13. The Morgan fingerprint density at radius 3 is 2.44 bits per heavy atom. The van der Waals surface area contributed by atoms with Crippen LogP contribution in [0.15, 0.2) is 33.3 Å². The number of pyridine rings is 1. The molecule has 1 aromatic heterocycles. The van der Waals surface area contributed by atoms with Crippen LogP contribution in [0.3, 0.4) is 0 Å². The van der Waals surface area contributed by atoms with Crippen LogP contribution in [-0.2, 0) is 0 Å². The van der Waals surface area contributed by atoms with Gasteiger partial charge in [0.1, 0.15) is 5.82 Å². The molecule has 0 amide bonds. The van der Waals surface area contributed by atoms with Crippen molar-refractivity contribution in [2.75, 3.05) is 5.32 Å². The smallest absolute Gasteiger partial charge is 0.144 e. The quantitative estimate of drug-likeness (QED) is 0.720. The molecule has 94 valence electrons. The molecular formula is C13H11Br2ClN2. The van der Waals surface area contributed by atoms with Crippen molar-refractivity contribution in [1.29, 1.82) is 0 Å². The third kappa shape index (κ3) is 3.05. The van der Waals surface area contributed by atoms with E-state index >= 15 is 0 Å². The zero-order chi connectivity index (χ0) is 13.3. The van der Waals surface area contributed by atoms with E-state index in [1.165, 1.54) is 5.56 Å². The van der Waals surface area contributed by atoms with Crippen molar-refractivity contribution in [2.24, 2.45) is 0 Å². The van der Waals surface area contributed by atoms with E-state index in [0.717, 1.165) is 26.0 Å². The predicted octanol–water partition coefficient (Wildman–Crippen LogP) is 5.62. The normalized spacial score (nSPS) is 10.5. The third-order valence-corrected chi connectivity index (χ3v) is 3.92. The van der Waals surface area contributed by atoms with E-state index in [9.17, 15) is 0 Å². The molecule has 0 spiro atoms. The molecule has 0 aliphatic rings. The van der Waals surface area contributed by atoms with Crippen LogP contribution >= 0.6 is 43.5 Å². The second-order valence-corrected chi connectivity index (χ2v) is 6.19. The highest BCUT2D eigenvalue weighted by atomic mass is 79.9. The van der Waals surface area contributed by atoms with E-state index in [0.29, 0.717) is 5.02 Å². The number of hydrogen-bond acceptors (Lipinski definition) is 2. The van der Waals surface area contributed by atoms with Crippen molar-refractivity contribution in [3.8, 4) is 0 Å². The van der Waals surface area contributed by atoms with E-state index in [4.69, 9.17) is 11.6 Å². The van der Waals surface area contributed by atoms with E-state index in [-0.39, 0.29) is 0 Å². The lowest BCUT2D eigenvalue weighted by molar-refractivity contribution is 1.27. The Hall–Kier alpha value is -0.580. The number of nitrogens with zero attached hydrogens (tertiary/aromatic N) is 1. The summed E-state index contributed by atoms with van der Waals surface area (Å²) in [5.41, 5.74) is 3.38. The van der Waals surface area contributed by atoms with Gasteiger partial charge in [0.05, 0.1) is 15.2 Å². The van der Waals surface area contributed by atoms with Crippen LogP contribution in [0.4, 0.5) is 11.5 Å². The summed E-state index contributed by atoms with van der Waals surface area (Å²) in [4.78, 5) is 4.27. The number of aromatic nitrogens is 1. The molecule has 0 saturated carbocycles. The van der Waals surface area contributed by atoms with Gasteiger partial charge in [0.15, 0.2) is 0 Å². The number of nitrogens with one attached hydrogen (secondary N) is 1. The first-order chi connectivity index (χ1) is 8.47. The summed E-state index contributed by atoms with van der Waals surface area (Å²) < 4.78 is 1.85. The second kappa shape index (κ2) is 5.59. The van der Waals surface area contributed by atoms with Gasteiger partial charge in [-0.05, 0) is 69.0 Å². The van der Waals surface area contributed by atoms with Crippen LogP contribution < -0.4 is 5.32 Å². The first-order valence-electron chi connectivity index (χ1n) is 5.32. The Morgan fingerprint density at radius 1 is 1.11 bits per heavy atom. The van der Waals surface area contributed by atoms with Gasteiger partial charge in [-0.2, -0.15) is 0 Å². The molecule has 5 heteroatoms. The zero-order valence-corrected chi connectivity index (χ0v) is 13.8. The van der Waals surface area contributed by atoms with Crippen molar-refractivity contribution in [3.63, 3.8) is 0 Å². The molecule has 0 aliphatic carbocycles. The van der Waals surface area contributed by atoms with Crippen LogP contribution in [0.2, 0.25) is 5.02 Å². The topological polar surface area (TPSA) is 24.9 Å². The average molecular weight is 391 g/mol. The minimum Gasteiger partial charge on any atom is -0.338 e. The standard InChI is InChI=1S/C13H11Br2ClN2/c1-7-3-8(2)12(10(14)4-7)18-13-11(15)5-9(16)6-17-13/h3-6H,1-2H3,(H,17,18). The van der Waals surface area contributed by atoms with Gasteiger partial charge in [-0.1, -0.05) is 17.7 Å². The Morgan fingerprint density at radius 2 is 1.83 bits per heavy atom. The minimum absolute atomic E-state index is 0.604. The van der Waals surface area contributed by atoms with Crippen LogP contribution in [0, 0.1) is 13.8 Å². The summed E-state index contributed by atoms with van der Waals surface area (Å²) in [5, 5.41) is 3.90. The molecule has 0 fully saturated rings. The molecule has 0 unspecified atom stereocenters. The summed E-state index contributed by atoms with van der Waals surface area (Å²) in [6, 6.07) is 6.00. The average Bonchev–Trinajstić information content (AvgIpc) is 2.25. The van der Waals surface area contributed by atoms with Crippen molar-refractivity contribution in [2.45, 2.75) is 13.8 Å². The fraction of sp³-hybridized carbons (Fsp3) is 0.154. The van der Waals surface area contributed by atoms with Crippen LogP contribution in [0.25, 0.3) is 0 Å². The number of halogens is 3. The van der Waals surface area contributed by atoms with E-state index in [2.05, 4.69) is 68.1 Å². The molecule has 2 aromatic rings. The molecule has 18 heavy (non-hydrogen) atoms. The molecule has 0 saturated heterocycles. The van der Waals surface area contributed by atoms with E-state index in [1.807, 2.05) is 6.07 Å². The van der Waals surface area contributed by atoms with Gasteiger partial charge in [0.2, 0.25) is 0 Å². The molecule has 0 atom stereocenters. The Bertz CT molecular complexity index is 577. The number of anilines is 2. The Balaban J connectivity index is 2.40. The van der Waals surface area contributed by atoms with Gasteiger partial charge in [0, 0.05) is 10.7 Å². The van der Waals surface area contributed by atoms with Crippen molar-refractivity contribution >= 4 is 55.0 Å². The van der Waals surface area contributed by atoms with Crippen molar-refractivity contribution < 1.29 is 0 Å². The SMILES string of the molecule is Cc1cc(C)c(Nc2ncc(Cl)cc2Br)c(Br)c1. The number of hydrogen-bond donors (Lipinski definition) is 1. The fourth-order valence-electron chi connectivity index (χ4n) is 1.70. The number of rotatable bonds is 2. The summed E-state index contributed by atoms with van der Waals surface area (Å²) in [6.45, 7) is 4.13. The first kappa shape index (κ1) is 13.8. The van der Waals surface area contributed by atoms with E-state index in [1.54, 1.807) is 6.20 Å². The van der Waals surface area contributed by atoms with Crippen LogP contribution in [0.5, 0.6) is 0 Å². The van der Waals surface area contributed by atoms with Gasteiger partial charge in [-0.3, -0.25) is 0 Å². The maximum atomic E-state index is 5.87. The third-order valence-electron chi connectivity index (χ3n) is 2.48. The van der Waals surface area contributed by atoms with Gasteiger partial charge in [0.25, 0.3) is 0 Å². The van der Waals surface area contributed by atoms with E-state index < -0.39 is 0 Å². The predicted molar refractivity (Wildman–Crippen MR) is 83.8 cm³/mol. The summed E-state index contributed by atoms with van der Waals surface area (Å²) in [6.07, 6.45) is 1.62. The molecule has 2 rings (SSSR count). The highest BCUT2D eigenvalue weighted by Gasteiger charge is 2.08. The molecule has 1 heterocycles. The van der Waals surface area contributed by atoms with Gasteiger partial charge < -0.3 is 5.32 Å². The maximum Gasteiger partial charge on any atom is 0.144 e. The molecule has 1 aromatic carbocycles. The highest BCUT2D eigenvalue weighted by Crippen LogP contribution is 2.33. The molecular weight excluding hydrogens is 379 g/mol. The van der Waals surface area contributed by atoms with Crippen molar-refractivity contribution in [1.82, 2.24) is 4.98 Å². The summed E-state index contributed by atoms with van der Waals surface area (Å²) >= 11 is 12.9. The maximum absolute atomic E-state index is 5.87. The zero-order valence-electron chi connectivity index (χ0n) is 9.89. The van der Waals surface area contributed by atoms with Gasteiger partial charge >= 0.3 is 0 Å². The number of benzene rings is 1. The monoisotopic (exact) mass is 388 g/mol. The van der Waals surface area contributed by atoms with Gasteiger partial charge in [-0.15, -0.1) is 0 Å². The first-order valence-corrected chi connectivity index (χ1v) is 7.28. The van der Waals surface area contributed by atoms with Crippen molar-refractivity contribution in [3.05, 3.63) is 49.5 Å². The summed E-state index contributed by atoms with van der Waals surface area (Å²) in [5.74, 6) is 0.743. The summed E-state index contributed by atoms with van der Waals surface area (Å²) in [7, 11) is 0. The lowest BCUT2D eigenvalue weighted by atomic mass is 10.1. The molecule has 0 aliphatic heterocycles. The lowest BCUT2D eigenvalue weighted by Crippen LogP contribution is -1.98. The molecule has 0 radical (unpaired) electrons. The minimum atomic E-state index is 0.604. The second-order valence-electron chi connectivity index (χ2n) is 4.05. The van der Waals surface area contributed by atoms with Crippen LogP contribution in [-0.4, -0.2) is 4.98 Å². The molecule has 2 nitrogen and oxygen atoms in total.